The van der Waals surface area contributed by atoms with E-state index in [1.165, 1.54) is 0 Å². The van der Waals surface area contributed by atoms with Crippen LogP contribution in [0.3, 0.4) is 0 Å². The Morgan fingerprint density at radius 2 is 2.23 bits per heavy atom. The van der Waals surface area contributed by atoms with Crippen LogP contribution >= 0.6 is 0 Å². The number of hydrogen-bond acceptors (Lipinski definition) is 5. The number of aliphatic hydroxyl groups is 1. The molecule has 1 aliphatic heterocycles. The van der Waals surface area contributed by atoms with Gasteiger partial charge in [0.05, 0.1) is 6.10 Å². The van der Waals surface area contributed by atoms with E-state index < -0.39 is 0 Å². The minimum atomic E-state index is -0.252. The van der Waals surface area contributed by atoms with Crippen molar-refractivity contribution in [3.63, 3.8) is 0 Å². The van der Waals surface area contributed by atoms with Gasteiger partial charge in [-0.25, -0.2) is 0 Å². The van der Waals surface area contributed by atoms with Crippen molar-refractivity contribution in [3.05, 3.63) is 17.8 Å². The van der Waals surface area contributed by atoms with Crippen LogP contribution in [0.2, 0.25) is 0 Å². The smallest absolute Gasteiger partial charge is 0.163 e. The van der Waals surface area contributed by atoms with Crippen LogP contribution in [0.5, 0.6) is 0 Å². The summed E-state index contributed by atoms with van der Waals surface area (Å²) < 4.78 is 0. The van der Waals surface area contributed by atoms with Gasteiger partial charge >= 0.3 is 0 Å². The van der Waals surface area contributed by atoms with Crippen molar-refractivity contribution < 1.29 is 5.11 Å². The molecule has 1 aliphatic rings. The molecule has 0 radical (unpaired) electrons. The highest BCUT2D eigenvalue weighted by Gasteiger charge is 2.25. The molecule has 0 aromatic carbocycles. The van der Waals surface area contributed by atoms with Crippen molar-refractivity contribution in [2.45, 2.75) is 6.10 Å². The summed E-state index contributed by atoms with van der Waals surface area (Å²) in [6.07, 6.45) is -0.252. The standard InChI is InChI=1S/C8H8N4O/c9-3-6-1-2-8(11-10-6)12-4-7(13)5-12/h1-2,7,13H,4-5H2. The lowest BCUT2D eigenvalue weighted by atomic mass is 10.2. The number of hydrogen-bond donors (Lipinski definition) is 1. The van der Waals surface area contributed by atoms with Crippen LogP contribution in [0, 0.1) is 11.3 Å². The molecule has 1 saturated heterocycles. The lowest BCUT2D eigenvalue weighted by molar-refractivity contribution is 0.141. The van der Waals surface area contributed by atoms with Crippen LogP contribution in [0.15, 0.2) is 12.1 Å². The van der Waals surface area contributed by atoms with E-state index in [9.17, 15) is 0 Å². The first-order valence-electron chi connectivity index (χ1n) is 3.96. The highest BCUT2D eigenvalue weighted by molar-refractivity contribution is 5.42. The molecule has 5 nitrogen and oxygen atoms in total. The maximum atomic E-state index is 9.04. The molecule has 0 unspecified atom stereocenters. The SMILES string of the molecule is N#Cc1ccc(N2CC(O)C2)nn1. The molecule has 0 saturated carbocycles. The highest BCUT2D eigenvalue weighted by atomic mass is 16.3. The fourth-order valence-electron chi connectivity index (χ4n) is 1.20. The van der Waals surface area contributed by atoms with E-state index >= 15 is 0 Å². The van der Waals surface area contributed by atoms with Crippen LogP contribution in [-0.2, 0) is 0 Å². The molecule has 1 aromatic heterocycles. The summed E-state index contributed by atoms with van der Waals surface area (Å²) in [5.41, 5.74) is 0.310. The Bertz CT molecular complexity index is 336. The molecule has 0 atom stereocenters. The van der Waals surface area contributed by atoms with Gasteiger partial charge < -0.3 is 10.0 Å². The van der Waals surface area contributed by atoms with Gasteiger partial charge in [-0.3, -0.25) is 0 Å². The van der Waals surface area contributed by atoms with Crippen molar-refractivity contribution in [2.24, 2.45) is 0 Å². The van der Waals surface area contributed by atoms with Gasteiger partial charge in [0.2, 0.25) is 0 Å². The second-order valence-corrected chi connectivity index (χ2v) is 2.95. The molecule has 1 N–H and O–H groups in total. The minimum absolute atomic E-state index is 0.252. The summed E-state index contributed by atoms with van der Waals surface area (Å²) in [4.78, 5) is 1.90. The molecule has 5 heteroatoms. The Kier molecular flexibility index (Phi) is 1.83. The van der Waals surface area contributed by atoms with Gasteiger partial charge in [0, 0.05) is 13.1 Å². The summed E-state index contributed by atoms with van der Waals surface area (Å²) in [5, 5.41) is 25.1. The summed E-state index contributed by atoms with van der Waals surface area (Å²) in [7, 11) is 0. The van der Waals surface area contributed by atoms with E-state index in [4.69, 9.17) is 10.4 Å². The molecular formula is C8H8N4O. The molecule has 13 heavy (non-hydrogen) atoms. The van der Waals surface area contributed by atoms with Crippen LogP contribution < -0.4 is 4.90 Å². The maximum Gasteiger partial charge on any atom is 0.163 e. The van der Waals surface area contributed by atoms with Gasteiger partial charge in [-0.1, -0.05) is 0 Å². The predicted molar refractivity (Wildman–Crippen MR) is 45.0 cm³/mol. The summed E-state index contributed by atoms with van der Waals surface area (Å²) in [5.74, 6) is 0.712. The number of nitriles is 1. The number of aliphatic hydroxyl groups excluding tert-OH is 1. The zero-order valence-electron chi connectivity index (χ0n) is 6.88. The normalized spacial score (nSPS) is 16.5. The van der Waals surface area contributed by atoms with E-state index in [0.29, 0.717) is 24.6 Å². The second kappa shape index (κ2) is 2.99. The largest absolute Gasteiger partial charge is 0.389 e. The van der Waals surface area contributed by atoms with E-state index in [1.54, 1.807) is 12.1 Å². The number of β-amino-alcohol motifs (C(OH)–C–C–N with tert-alkyl or cyclic N) is 1. The average molecular weight is 176 g/mol. The van der Waals surface area contributed by atoms with E-state index in [0.717, 1.165) is 0 Å². The Morgan fingerprint density at radius 3 is 2.69 bits per heavy atom. The van der Waals surface area contributed by atoms with Gasteiger partial charge in [-0.15, -0.1) is 10.2 Å². The monoisotopic (exact) mass is 176 g/mol. The van der Waals surface area contributed by atoms with Crippen molar-refractivity contribution in [1.82, 2.24) is 10.2 Å². The quantitative estimate of drug-likeness (QED) is 0.626. The number of aromatic nitrogens is 2. The van der Waals surface area contributed by atoms with Crippen LogP contribution in [0.4, 0.5) is 5.82 Å². The maximum absolute atomic E-state index is 9.04. The van der Waals surface area contributed by atoms with Gasteiger partial charge in [0.25, 0.3) is 0 Å². The number of nitrogens with zero attached hydrogens (tertiary/aromatic N) is 4. The lowest BCUT2D eigenvalue weighted by Gasteiger charge is -2.36. The molecule has 1 fully saturated rings. The first-order valence-corrected chi connectivity index (χ1v) is 3.96. The van der Waals surface area contributed by atoms with Crippen LogP contribution in [0.25, 0.3) is 0 Å². The Hall–Kier alpha value is -1.67. The molecule has 0 amide bonds. The Labute approximate surface area is 75.2 Å². The molecule has 0 spiro atoms. The molecule has 0 aliphatic carbocycles. The van der Waals surface area contributed by atoms with Gasteiger partial charge in [0.15, 0.2) is 11.5 Å². The molecule has 2 rings (SSSR count). The number of anilines is 1. The fourth-order valence-corrected chi connectivity index (χ4v) is 1.20. The third-order valence-corrected chi connectivity index (χ3v) is 1.95. The molecule has 66 valence electrons. The summed E-state index contributed by atoms with van der Waals surface area (Å²) in [6.45, 7) is 1.20. The molecule has 0 bridgehead atoms. The lowest BCUT2D eigenvalue weighted by Crippen LogP contribution is -2.51. The van der Waals surface area contributed by atoms with Crippen molar-refractivity contribution in [3.8, 4) is 6.07 Å². The topological polar surface area (TPSA) is 73.0 Å². The van der Waals surface area contributed by atoms with E-state index in [1.807, 2.05) is 11.0 Å². The van der Waals surface area contributed by atoms with Gasteiger partial charge in [-0.2, -0.15) is 5.26 Å². The van der Waals surface area contributed by atoms with Crippen LogP contribution in [-0.4, -0.2) is 34.5 Å². The third-order valence-electron chi connectivity index (χ3n) is 1.95. The van der Waals surface area contributed by atoms with E-state index in [2.05, 4.69) is 10.2 Å². The summed E-state index contributed by atoms with van der Waals surface area (Å²) in [6, 6.07) is 5.25. The third kappa shape index (κ3) is 1.44. The number of rotatable bonds is 1. The fraction of sp³-hybridized carbons (Fsp3) is 0.375. The molecule has 2 heterocycles. The second-order valence-electron chi connectivity index (χ2n) is 2.95. The molecule has 1 aromatic rings. The Balaban J connectivity index is 2.11. The highest BCUT2D eigenvalue weighted by Crippen LogP contribution is 2.16. The van der Waals surface area contributed by atoms with Crippen molar-refractivity contribution in [2.75, 3.05) is 18.0 Å². The van der Waals surface area contributed by atoms with Crippen molar-refractivity contribution in [1.29, 1.82) is 5.26 Å². The first-order chi connectivity index (χ1) is 6.29. The van der Waals surface area contributed by atoms with Gasteiger partial charge in [0.1, 0.15) is 6.07 Å². The van der Waals surface area contributed by atoms with E-state index in [-0.39, 0.29) is 6.10 Å². The Morgan fingerprint density at radius 1 is 1.46 bits per heavy atom. The average Bonchev–Trinajstić information content (AvgIpc) is 2.13. The zero-order chi connectivity index (χ0) is 9.26. The predicted octanol–water partition coefficient (Wildman–Crippen LogP) is -0.471. The van der Waals surface area contributed by atoms with Gasteiger partial charge in [-0.05, 0) is 12.1 Å². The molecular weight excluding hydrogens is 168 g/mol. The first kappa shape index (κ1) is 7.95. The van der Waals surface area contributed by atoms with Crippen LogP contribution in [0.1, 0.15) is 5.69 Å². The zero-order valence-corrected chi connectivity index (χ0v) is 6.88. The minimum Gasteiger partial charge on any atom is -0.389 e. The van der Waals surface area contributed by atoms with Crippen molar-refractivity contribution >= 4 is 5.82 Å². The summed E-state index contributed by atoms with van der Waals surface area (Å²) >= 11 is 0.